The summed E-state index contributed by atoms with van der Waals surface area (Å²) in [6, 6.07) is 6.08. The molecule has 26 heavy (non-hydrogen) atoms. The lowest BCUT2D eigenvalue weighted by molar-refractivity contribution is -0.121. The molecule has 0 unspecified atom stereocenters. The van der Waals surface area contributed by atoms with Crippen LogP contribution < -0.4 is 10.9 Å². The zero-order chi connectivity index (χ0) is 18.8. The van der Waals surface area contributed by atoms with E-state index in [1.54, 1.807) is 6.08 Å². The molecule has 0 aliphatic carbocycles. The third-order valence-corrected chi connectivity index (χ3v) is 4.96. The van der Waals surface area contributed by atoms with Gasteiger partial charge in [0, 0.05) is 12.1 Å². The molecule has 0 saturated heterocycles. The predicted molar refractivity (Wildman–Crippen MR) is 105 cm³/mol. The molecular formula is C19H20N4O2S. The fourth-order valence-corrected chi connectivity index (χ4v) is 3.72. The van der Waals surface area contributed by atoms with Crippen molar-refractivity contribution >= 4 is 27.5 Å². The second-order valence-electron chi connectivity index (χ2n) is 6.13. The maximum Gasteiger partial charge on any atom is 0.294 e. The first-order valence-corrected chi connectivity index (χ1v) is 9.06. The number of hydrogen-bond acceptors (Lipinski definition) is 5. The van der Waals surface area contributed by atoms with E-state index >= 15 is 0 Å². The summed E-state index contributed by atoms with van der Waals surface area (Å²) >= 11 is 1.44. The van der Waals surface area contributed by atoms with Crippen LogP contribution in [0.15, 0.2) is 35.6 Å². The smallest absolute Gasteiger partial charge is 0.294 e. The third kappa shape index (κ3) is 3.43. The summed E-state index contributed by atoms with van der Waals surface area (Å²) in [4.78, 5) is 29.1. The Morgan fingerprint density at radius 1 is 1.35 bits per heavy atom. The van der Waals surface area contributed by atoms with Gasteiger partial charge in [-0.05, 0) is 26.3 Å². The van der Waals surface area contributed by atoms with Crippen LogP contribution in [0, 0.1) is 20.8 Å². The Bertz CT molecular complexity index is 1070. The highest BCUT2D eigenvalue weighted by atomic mass is 32.1. The molecule has 6 nitrogen and oxygen atoms in total. The number of hydrogen-bond donors (Lipinski definition) is 1. The number of nitrogens with one attached hydrogen (secondary N) is 1. The maximum absolute atomic E-state index is 12.7. The van der Waals surface area contributed by atoms with Crippen molar-refractivity contribution < 1.29 is 4.79 Å². The van der Waals surface area contributed by atoms with Gasteiger partial charge < -0.3 is 5.32 Å². The van der Waals surface area contributed by atoms with Crippen molar-refractivity contribution in [2.75, 3.05) is 6.54 Å². The molecule has 0 atom stereocenters. The van der Waals surface area contributed by atoms with Crippen LogP contribution in [-0.2, 0) is 11.3 Å². The van der Waals surface area contributed by atoms with E-state index in [9.17, 15) is 9.59 Å². The van der Waals surface area contributed by atoms with Gasteiger partial charge in [0.15, 0.2) is 5.52 Å². The topological polar surface area (TPSA) is 76.9 Å². The van der Waals surface area contributed by atoms with Crippen molar-refractivity contribution in [3.8, 4) is 11.3 Å². The fraction of sp³-hybridized carbons (Fsp3) is 0.263. The molecule has 0 aliphatic heterocycles. The van der Waals surface area contributed by atoms with E-state index in [-0.39, 0.29) is 18.0 Å². The Labute approximate surface area is 155 Å². The van der Waals surface area contributed by atoms with Gasteiger partial charge in [0.05, 0.1) is 9.71 Å². The van der Waals surface area contributed by atoms with E-state index < -0.39 is 0 Å². The molecule has 134 valence electrons. The van der Waals surface area contributed by atoms with Gasteiger partial charge in [0.25, 0.3) is 5.56 Å². The molecule has 2 aromatic heterocycles. The number of nitrogens with zero attached hydrogens (tertiary/aromatic N) is 3. The normalized spacial score (nSPS) is 10.9. The number of carbonyl (C=O) groups excluding carboxylic acids is 1. The van der Waals surface area contributed by atoms with E-state index in [0.29, 0.717) is 17.8 Å². The molecule has 0 radical (unpaired) electrons. The van der Waals surface area contributed by atoms with Gasteiger partial charge in [-0.25, -0.2) is 9.67 Å². The summed E-state index contributed by atoms with van der Waals surface area (Å²) in [5.74, 6) is -0.294. The Balaban J connectivity index is 2.18. The first-order valence-electron chi connectivity index (χ1n) is 8.24. The van der Waals surface area contributed by atoms with E-state index in [1.807, 2.05) is 32.9 Å². The number of rotatable bonds is 5. The van der Waals surface area contributed by atoms with Gasteiger partial charge in [-0.1, -0.05) is 29.8 Å². The van der Waals surface area contributed by atoms with Crippen molar-refractivity contribution in [3.63, 3.8) is 0 Å². The summed E-state index contributed by atoms with van der Waals surface area (Å²) in [6.07, 6.45) is 1.59. The number of thiazole rings is 1. The van der Waals surface area contributed by atoms with Crippen molar-refractivity contribution in [1.29, 1.82) is 0 Å². The third-order valence-electron chi connectivity index (χ3n) is 3.98. The largest absolute Gasteiger partial charge is 0.351 e. The minimum Gasteiger partial charge on any atom is -0.351 e. The SMILES string of the molecule is C=CCNC(=O)Cn1nc(-c2ccc(C)cc2C)c2sc(C)nc2c1=O. The zero-order valence-corrected chi connectivity index (χ0v) is 15.8. The van der Waals surface area contributed by atoms with Gasteiger partial charge in [-0.3, -0.25) is 9.59 Å². The molecule has 1 N–H and O–H groups in total. The second kappa shape index (κ2) is 7.21. The zero-order valence-electron chi connectivity index (χ0n) is 15.0. The first-order chi connectivity index (χ1) is 12.4. The molecular weight excluding hydrogens is 348 g/mol. The minimum atomic E-state index is -0.355. The van der Waals surface area contributed by atoms with Gasteiger partial charge in [-0.15, -0.1) is 17.9 Å². The molecule has 3 rings (SSSR count). The lowest BCUT2D eigenvalue weighted by Gasteiger charge is -2.11. The number of fused-ring (bicyclic) bond motifs is 1. The molecule has 0 spiro atoms. The summed E-state index contributed by atoms with van der Waals surface area (Å²) in [6.45, 7) is 9.65. The predicted octanol–water partition coefficient (Wildman–Crippen LogP) is 2.75. The van der Waals surface area contributed by atoms with Crippen LogP contribution in [0.4, 0.5) is 0 Å². The van der Waals surface area contributed by atoms with Crippen molar-refractivity contribution in [2.45, 2.75) is 27.3 Å². The Kier molecular flexibility index (Phi) is 4.99. The fourth-order valence-electron chi connectivity index (χ4n) is 2.81. The standard InChI is InChI=1S/C19H20N4O2S/c1-5-8-20-15(24)10-23-19(25)17-18(26-13(4)21-17)16(22-23)14-7-6-11(2)9-12(14)3/h5-7,9H,1,8,10H2,2-4H3,(H,20,24). The van der Waals surface area contributed by atoms with Crippen molar-refractivity contribution in [3.05, 3.63) is 57.3 Å². The van der Waals surface area contributed by atoms with Gasteiger partial charge in [-0.2, -0.15) is 5.10 Å². The molecule has 0 bridgehead atoms. The first kappa shape index (κ1) is 18.0. The quantitative estimate of drug-likeness (QED) is 0.703. The van der Waals surface area contributed by atoms with Crippen LogP contribution in [0.5, 0.6) is 0 Å². The van der Waals surface area contributed by atoms with Crippen LogP contribution in [0.3, 0.4) is 0 Å². The summed E-state index contributed by atoms with van der Waals surface area (Å²) in [7, 11) is 0. The van der Waals surface area contributed by atoms with Crippen molar-refractivity contribution in [2.24, 2.45) is 0 Å². The highest BCUT2D eigenvalue weighted by molar-refractivity contribution is 7.19. The number of aromatic nitrogens is 3. The second-order valence-corrected chi connectivity index (χ2v) is 7.34. The van der Waals surface area contributed by atoms with Crippen LogP contribution in [0.25, 0.3) is 21.5 Å². The molecule has 0 aliphatic rings. The van der Waals surface area contributed by atoms with Crippen molar-refractivity contribution in [1.82, 2.24) is 20.1 Å². The number of carbonyl (C=O) groups is 1. The Hall–Kier alpha value is -2.80. The molecule has 3 aromatic rings. The van der Waals surface area contributed by atoms with Gasteiger partial charge >= 0.3 is 0 Å². The highest BCUT2D eigenvalue weighted by Gasteiger charge is 2.18. The summed E-state index contributed by atoms with van der Waals surface area (Å²) in [5.41, 5.74) is 3.83. The van der Waals surface area contributed by atoms with Crippen LogP contribution >= 0.6 is 11.3 Å². The lowest BCUT2D eigenvalue weighted by atomic mass is 10.0. The monoisotopic (exact) mass is 368 g/mol. The van der Waals surface area contributed by atoms with Crippen LogP contribution in [-0.4, -0.2) is 27.2 Å². The van der Waals surface area contributed by atoms with Crippen LogP contribution in [0.2, 0.25) is 0 Å². The number of amides is 1. The summed E-state index contributed by atoms with van der Waals surface area (Å²) in [5, 5.41) is 7.97. The molecule has 1 aromatic carbocycles. The minimum absolute atomic E-state index is 0.156. The molecule has 2 heterocycles. The molecule has 0 saturated carbocycles. The Morgan fingerprint density at radius 2 is 2.12 bits per heavy atom. The average Bonchev–Trinajstić information content (AvgIpc) is 2.98. The van der Waals surface area contributed by atoms with E-state index in [1.165, 1.54) is 16.0 Å². The van der Waals surface area contributed by atoms with E-state index in [2.05, 4.69) is 28.0 Å². The Morgan fingerprint density at radius 3 is 2.81 bits per heavy atom. The van der Waals surface area contributed by atoms with E-state index in [4.69, 9.17) is 0 Å². The summed E-state index contributed by atoms with van der Waals surface area (Å²) < 4.78 is 1.94. The number of aryl methyl sites for hydroxylation is 3. The molecule has 1 amide bonds. The lowest BCUT2D eigenvalue weighted by Crippen LogP contribution is -2.34. The van der Waals surface area contributed by atoms with E-state index in [0.717, 1.165) is 26.4 Å². The average molecular weight is 368 g/mol. The highest BCUT2D eigenvalue weighted by Crippen LogP contribution is 2.31. The molecule has 0 fully saturated rings. The maximum atomic E-state index is 12.7. The van der Waals surface area contributed by atoms with Gasteiger partial charge in [0.1, 0.15) is 12.2 Å². The molecule has 7 heteroatoms. The van der Waals surface area contributed by atoms with Crippen LogP contribution in [0.1, 0.15) is 16.1 Å². The van der Waals surface area contributed by atoms with Gasteiger partial charge in [0.2, 0.25) is 5.91 Å². The number of benzene rings is 1.